The Kier molecular flexibility index (Phi) is 4.76. The summed E-state index contributed by atoms with van der Waals surface area (Å²) in [5.41, 5.74) is 1.05. The second-order valence-electron chi connectivity index (χ2n) is 3.13. The molecule has 2 heteroatoms. The van der Waals surface area contributed by atoms with Crippen molar-refractivity contribution < 1.29 is 4.74 Å². The second-order valence-corrected chi connectivity index (χ2v) is 3.13. The summed E-state index contributed by atoms with van der Waals surface area (Å²) in [6.45, 7) is 3.06. The van der Waals surface area contributed by atoms with Crippen LogP contribution in [0.1, 0.15) is 25.3 Å². The molecule has 0 aromatic heterocycles. The van der Waals surface area contributed by atoms with Crippen LogP contribution in [0.15, 0.2) is 29.3 Å². The maximum absolute atomic E-state index is 5.21. The molecule has 0 atom stereocenters. The SMILES string of the molecule is CCCCN=Cc1ccccc1OC. The molecule has 0 N–H and O–H groups in total. The topological polar surface area (TPSA) is 21.6 Å². The molecule has 0 aliphatic carbocycles. The first kappa shape index (κ1) is 10.8. The average molecular weight is 191 g/mol. The Labute approximate surface area is 85.6 Å². The van der Waals surface area contributed by atoms with Crippen LogP contribution in [-0.2, 0) is 0 Å². The van der Waals surface area contributed by atoms with Crippen molar-refractivity contribution in [3.8, 4) is 5.75 Å². The molecule has 0 heterocycles. The zero-order valence-electron chi connectivity index (χ0n) is 8.86. The van der Waals surface area contributed by atoms with E-state index in [1.807, 2.05) is 30.5 Å². The monoisotopic (exact) mass is 191 g/mol. The van der Waals surface area contributed by atoms with Crippen LogP contribution in [0.2, 0.25) is 0 Å². The number of hydrogen-bond acceptors (Lipinski definition) is 2. The summed E-state index contributed by atoms with van der Waals surface area (Å²) in [5.74, 6) is 0.882. The number of hydrogen-bond donors (Lipinski definition) is 0. The molecule has 1 rings (SSSR count). The van der Waals surface area contributed by atoms with Crippen LogP contribution >= 0.6 is 0 Å². The van der Waals surface area contributed by atoms with Gasteiger partial charge in [-0.1, -0.05) is 25.5 Å². The first-order chi connectivity index (χ1) is 6.88. The Balaban J connectivity index is 2.61. The molecule has 1 aromatic rings. The van der Waals surface area contributed by atoms with Gasteiger partial charge < -0.3 is 4.74 Å². The van der Waals surface area contributed by atoms with Crippen molar-refractivity contribution in [1.82, 2.24) is 0 Å². The van der Waals surface area contributed by atoms with Crippen LogP contribution < -0.4 is 4.74 Å². The van der Waals surface area contributed by atoms with Gasteiger partial charge in [-0.3, -0.25) is 4.99 Å². The van der Waals surface area contributed by atoms with Crippen LogP contribution in [0.4, 0.5) is 0 Å². The highest BCUT2D eigenvalue weighted by atomic mass is 16.5. The van der Waals surface area contributed by atoms with Crippen molar-refractivity contribution in [1.29, 1.82) is 0 Å². The minimum atomic E-state index is 0.882. The normalized spacial score (nSPS) is 10.7. The summed E-state index contributed by atoms with van der Waals surface area (Å²) in [5, 5.41) is 0. The van der Waals surface area contributed by atoms with Crippen molar-refractivity contribution in [2.45, 2.75) is 19.8 Å². The number of rotatable bonds is 5. The van der Waals surface area contributed by atoms with Crippen LogP contribution in [0, 0.1) is 0 Å². The average Bonchev–Trinajstić information content (AvgIpc) is 2.25. The Morgan fingerprint density at radius 3 is 2.86 bits per heavy atom. The van der Waals surface area contributed by atoms with E-state index in [1.54, 1.807) is 7.11 Å². The molecule has 2 nitrogen and oxygen atoms in total. The lowest BCUT2D eigenvalue weighted by Gasteiger charge is -2.02. The Bertz CT molecular complexity index is 294. The molecule has 0 saturated heterocycles. The molecule has 0 fully saturated rings. The van der Waals surface area contributed by atoms with Crippen molar-refractivity contribution in [2.75, 3.05) is 13.7 Å². The predicted molar refractivity (Wildman–Crippen MR) is 60.4 cm³/mol. The van der Waals surface area contributed by atoms with E-state index in [0.717, 1.165) is 24.3 Å². The quantitative estimate of drug-likeness (QED) is 0.518. The minimum Gasteiger partial charge on any atom is -0.496 e. The first-order valence-corrected chi connectivity index (χ1v) is 5.01. The number of methoxy groups -OCH3 is 1. The van der Waals surface area contributed by atoms with Gasteiger partial charge in [-0.05, 0) is 18.6 Å². The highest BCUT2D eigenvalue weighted by Gasteiger charge is 1.96. The van der Waals surface area contributed by atoms with Crippen molar-refractivity contribution in [2.24, 2.45) is 4.99 Å². The fourth-order valence-corrected chi connectivity index (χ4v) is 1.19. The van der Waals surface area contributed by atoms with Gasteiger partial charge in [0.25, 0.3) is 0 Å². The number of ether oxygens (including phenoxy) is 1. The molecule has 0 radical (unpaired) electrons. The van der Waals surface area contributed by atoms with E-state index in [2.05, 4.69) is 11.9 Å². The van der Waals surface area contributed by atoms with E-state index in [-0.39, 0.29) is 0 Å². The van der Waals surface area contributed by atoms with Crippen molar-refractivity contribution in [3.63, 3.8) is 0 Å². The predicted octanol–water partition coefficient (Wildman–Crippen LogP) is 2.91. The largest absolute Gasteiger partial charge is 0.496 e. The lowest BCUT2D eigenvalue weighted by molar-refractivity contribution is 0.414. The van der Waals surface area contributed by atoms with Gasteiger partial charge in [0.15, 0.2) is 0 Å². The highest BCUT2D eigenvalue weighted by Crippen LogP contribution is 2.14. The van der Waals surface area contributed by atoms with Crippen LogP contribution in [0.25, 0.3) is 0 Å². The second kappa shape index (κ2) is 6.19. The fourth-order valence-electron chi connectivity index (χ4n) is 1.19. The van der Waals surface area contributed by atoms with Gasteiger partial charge in [-0.15, -0.1) is 0 Å². The van der Waals surface area contributed by atoms with Gasteiger partial charge in [0.05, 0.1) is 7.11 Å². The molecule has 14 heavy (non-hydrogen) atoms. The maximum atomic E-state index is 5.21. The van der Waals surface area contributed by atoms with Gasteiger partial charge in [-0.2, -0.15) is 0 Å². The molecular weight excluding hydrogens is 174 g/mol. The number of nitrogens with zero attached hydrogens (tertiary/aromatic N) is 1. The summed E-state index contributed by atoms with van der Waals surface area (Å²) in [6.07, 6.45) is 4.21. The minimum absolute atomic E-state index is 0.882. The zero-order chi connectivity index (χ0) is 10.2. The lowest BCUT2D eigenvalue weighted by atomic mass is 10.2. The fraction of sp³-hybridized carbons (Fsp3) is 0.417. The summed E-state index contributed by atoms with van der Waals surface area (Å²) in [6, 6.07) is 7.90. The van der Waals surface area contributed by atoms with Gasteiger partial charge in [0.2, 0.25) is 0 Å². The Morgan fingerprint density at radius 1 is 1.36 bits per heavy atom. The number of unbranched alkanes of at least 4 members (excludes halogenated alkanes) is 1. The summed E-state index contributed by atoms with van der Waals surface area (Å²) in [4.78, 5) is 4.33. The summed E-state index contributed by atoms with van der Waals surface area (Å²) >= 11 is 0. The van der Waals surface area contributed by atoms with Gasteiger partial charge in [-0.25, -0.2) is 0 Å². The number of benzene rings is 1. The molecule has 0 aliphatic heterocycles. The molecule has 0 amide bonds. The zero-order valence-corrected chi connectivity index (χ0v) is 8.86. The number of aliphatic imine (C=N–C) groups is 1. The molecule has 0 bridgehead atoms. The van der Waals surface area contributed by atoms with Gasteiger partial charge in [0.1, 0.15) is 5.75 Å². The molecule has 0 aliphatic rings. The molecule has 0 saturated carbocycles. The van der Waals surface area contributed by atoms with Crippen molar-refractivity contribution >= 4 is 6.21 Å². The van der Waals surface area contributed by atoms with Crippen LogP contribution in [0.3, 0.4) is 0 Å². The van der Waals surface area contributed by atoms with Crippen LogP contribution in [-0.4, -0.2) is 19.9 Å². The highest BCUT2D eigenvalue weighted by molar-refractivity contribution is 5.83. The molecule has 1 aromatic carbocycles. The smallest absolute Gasteiger partial charge is 0.127 e. The third kappa shape index (κ3) is 3.21. The first-order valence-electron chi connectivity index (χ1n) is 5.01. The Hall–Kier alpha value is -1.31. The molecule has 0 unspecified atom stereocenters. The van der Waals surface area contributed by atoms with Gasteiger partial charge in [0, 0.05) is 18.3 Å². The maximum Gasteiger partial charge on any atom is 0.127 e. The lowest BCUT2D eigenvalue weighted by Crippen LogP contribution is -1.90. The summed E-state index contributed by atoms with van der Waals surface area (Å²) in [7, 11) is 1.68. The molecule has 0 spiro atoms. The standard InChI is InChI=1S/C12H17NO/c1-3-4-9-13-10-11-7-5-6-8-12(11)14-2/h5-8,10H,3-4,9H2,1-2H3. The summed E-state index contributed by atoms with van der Waals surface area (Å²) < 4.78 is 5.21. The van der Waals surface area contributed by atoms with E-state index in [1.165, 1.54) is 6.42 Å². The van der Waals surface area contributed by atoms with E-state index in [0.29, 0.717) is 0 Å². The third-order valence-electron chi connectivity index (χ3n) is 2.01. The van der Waals surface area contributed by atoms with E-state index in [9.17, 15) is 0 Å². The Morgan fingerprint density at radius 2 is 2.14 bits per heavy atom. The number of para-hydroxylation sites is 1. The molecule has 76 valence electrons. The van der Waals surface area contributed by atoms with Crippen molar-refractivity contribution in [3.05, 3.63) is 29.8 Å². The van der Waals surface area contributed by atoms with Gasteiger partial charge >= 0.3 is 0 Å². The molecular formula is C12H17NO. The van der Waals surface area contributed by atoms with Crippen LogP contribution in [0.5, 0.6) is 5.75 Å². The van der Waals surface area contributed by atoms with E-state index >= 15 is 0 Å². The van der Waals surface area contributed by atoms with E-state index in [4.69, 9.17) is 4.74 Å². The third-order valence-corrected chi connectivity index (χ3v) is 2.01. The van der Waals surface area contributed by atoms with E-state index < -0.39 is 0 Å².